The second kappa shape index (κ2) is 24.8. The molecule has 0 aromatic carbocycles. The van der Waals surface area contributed by atoms with Crippen LogP contribution in [0.4, 0.5) is 0 Å². The van der Waals surface area contributed by atoms with Gasteiger partial charge in [0.1, 0.15) is 0 Å². The molecule has 0 aliphatic heterocycles. The maximum absolute atomic E-state index is 10.8. The Morgan fingerprint density at radius 2 is 0.208 bits per heavy atom. The Kier molecular flexibility index (Phi) is 28.7. The molecule has 50 nitrogen and oxygen atoms in total. The molecule has 0 aromatic rings. The lowest BCUT2D eigenvalue weighted by Crippen LogP contribution is -2.29. The molecule has 72 heavy (non-hydrogen) atoms. The zero-order valence-electron chi connectivity index (χ0n) is 32.6. The highest BCUT2D eigenvalue weighted by molar-refractivity contribution is 8.05. The molecule has 0 amide bonds. The summed E-state index contributed by atoms with van der Waals surface area (Å²) in [5.41, 5.74) is 9.81. The minimum atomic E-state index is -6.56. The highest BCUT2D eigenvalue weighted by atomic mass is 31.4. The maximum Gasteiger partial charge on any atom is 0.369 e. The Labute approximate surface area is 392 Å². The molecule has 0 heterocycles. The summed E-state index contributed by atoms with van der Waals surface area (Å²) in [5, 5.41) is 0. The fraction of sp³-hybridized carbons (Fsp3) is 1.00. The van der Waals surface area contributed by atoms with Gasteiger partial charge in [-0.25, -0.2) is 0 Å². The molecule has 0 radical (unpaired) electrons. The summed E-state index contributed by atoms with van der Waals surface area (Å²) in [6, 6.07) is 0. The third-order valence-corrected chi connectivity index (χ3v) is 56.4. The monoisotopic (exact) mass is 1400 g/mol. The van der Waals surface area contributed by atoms with Gasteiger partial charge in [0, 0.05) is 13.1 Å². The van der Waals surface area contributed by atoms with Crippen LogP contribution < -0.4 is 11.5 Å². The summed E-state index contributed by atoms with van der Waals surface area (Å²) >= 11 is 0. The molecule has 66 heteroatoms. The summed E-state index contributed by atoms with van der Waals surface area (Å²) in [7, 11) is -105. The average Bonchev–Trinajstić information content (AvgIpc) is 2.85. The van der Waals surface area contributed by atoms with Crippen molar-refractivity contribution in [3.8, 4) is 0 Å². The SMILES string of the molecule is NCCN.O=P(O)(O)C(P(=O)(O)O)(P(=O)(O)O)P(=O)(O)O.O=P(O)(O)C(P(=O)(O)O)(P(=O)(O)O)P(=O)(O)O.O=P(O)(O)C(P(=O)(O)O)(P(=O)(O)O)P(=O)(O)O.O=P(O)(O)C(P(=O)(O)O)(P(=O)(O)O)P(=O)(O)O. The fourth-order valence-corrected chi connectivity index (χ4v) is 36.7. The van der Waals surface area contributed by atoms with Crippen LogP contribution in [0, 0.1) is 0 Å². The molecule has 0 aliphatic carbocycles. The largest absolute Gasteiger partial charge is 0.369 e. The van der Waals surface area contributed by atoms with Crippen molar-refractivity contribution in [2.24, 2.45) is 11.5 Å². The fourth-order valence-electron chi connectivity index (χ4n) is 4.07. The normalized spacial score (nSPS) is 15.5. The quantitative estimate of drug-likeness (QED) is 0.0602. The average molecular weight is 1400 g/mol. The lowest BCUT2D eigenvalue weighted by Gasteiger charge is -2.34. The van der Waals surface area contributed by atoms with Crippen molar-refractivity contribution in [1.82, 2.24) is 0 Å². The first-order valence-corrected chi connectivity index (χ1v) is 40.0. The Hall–Kier alpha value is 2.32. The first-order chi connectivity index (χ1) is 29.9. The molecule has 0 fully saturated rings. The van der Waals surface area contributed by atoms with Gasteiger partial charge in [0.2, 0.25) is 0 Å². The van der Waals surface area contributed by atoms with Crippen LogP contribution in [-0.4, -0.2) is 187 Å². The third-order valence-electron chi connectivity index (χ3n) is 6.42. The molecule has 0 unspecified atom stereocenters. The van der Waals surface area contributed by atoms with Gasteiger partial charge in [-0.1, -0.05) is 0 Å². The van der Waals surface area contributed by atoms with E-state index in [0.717, 1.165) is 0 Å². The van der Waals surface area contributed by atoms with Crippen molar-refractivity contribution in [3.05, 3.63) is 0 Å². The summed E-state index contributed by atoms with van der Waals surface area (Å²) in [6.45, 7) is 1.19. The molecule has 0 saturated carbocycles. The molecule has 36 N–H and O–H groups in total. The van der Waals surface area contributed by atoms with Crippen molar-refractivity contribution < 1.29 is 230 Å². The predicted octanol–water partition coefficient (Wildman–Crippen LogP) is -7.86. The topological polar surface area (TPSA) is 973 Å². The first kappa shape index (κ1) is 83.1. The molecule has 0 bridgehead atoms. The van der Waals surface area contributed by atoms with E-state index in [1.807, 2.05) is 0 Å². The van der Waals surface area contributed by atoms with E-state index >= 15 is 0 Å². The zero-order chi connectivity index (χ0) is 61.4. The summed E-state index contributed by atoms with van der Waals surface area (Å²) in [4.78, 5) is 274. The third kappa shape index (κ3) is 16.9. The Morgan fingerprint density at radius 3 is 0.208 bits per heavy atom. The van der Waals surface area contributed by atoms with Crippen LogP contribution in [-0.2, 0) is 73.0 Å². The molecule has 0 saturated heterocycles. The molecular weight excluding hydrogens is 1360 g/mol. The van der Waals surface area contributed by atoms with Crippen LogP contribution in [0.1, 0.15) is 0 Å². The van der Waals surface area contributed by atoms with Gasteiger partial charge in [0.05, 0.1) is 0 Å². The number of hydrogen-bond donors (Lipinski definition) is 34. The van der Waals surface area contributed by atoms with Gasteiger partial charge in [-0.15, -0.1) is 0 Å². The Bertz CT molecular complexity index is 1960. The van der Waals surface area contributed by atoms with Gasteiger partial charge < -0.3 is 168 Å². The number of rotatable bonds is 17. The van der Waals surface area contributed by atoms with Crippen molar-refractivity contribution in [2.75, 3.05) is 13.1 Å². The molecule has 0 rings (SSSR count). The number of hydrogen-bond acceptors (Lipinski definition) is 18. The Balaban J connectivity index is -0.000000270. The van der Waals surface area contributed by atoms with Crippen LogP contribution in [0.2, 0.25) is 0 Å². The van der Waals surface area contributed by atoms with E-state index in [1.165, 1.54) is 0 Å². The van der Waals surface area contributed by atoms with Crippen molar-refractivity contribution in [3.63, 3.8) is 0 Å². The van der Waals surface area contributed by atoms with E-state index in [-0.39, 0.29) is 0 Å². The van der Waals surface area contributed by atoms with Crippen molar-refractivity contribution >= 4 is 122 Å². The van der Waals surface area contributed by atoms with Gasteiger partial charge in [-0.3, -0.25) is 73.0 Å². The van der Waals surface area contributed by atoms with Gasteiger partial charge in [0.15, 0.2) is 0 Å². The summed E-state index contributed by atoms with van der Waals surface area (Å²) < 4.78 is 153. The molecule has 0 atom stereocenters. The van der Waals surface area contributed by atoms with E-state index in [1.54, 1.807) is 0 Å². The van der Waals surface area contributed by atoms with Gasteiger partial charge >= 0.3 is 139 Å². The van der Waals surface area contributed by atoms with E-state index in [4.69, 9.17) is 168 Å². The van der Waals surface area contributed by atoms with E-state index < -0.39 is 139 Å². The highest BCUT2D eigenvalue weighted by Crippen LogP contribution is 2.97. The number of nitrogens with two attached hydrogens (primary N) is 2. The minimum Gasteiger partial charge on any atom is -0.329 e. The molecule has 0 spiro atoms. The molecular formula is C6H40N2O48P16. The summed E-state index contributed by atoms with van der Waals surface area (Å²) in [6.07, 6.45) is 0. The summed E-state index contributed by atoms with van der Waals surface area (Å²) in [5.74, 6) is 0. The molecule has 442 valence electrons. The van der Waals surface area contributed by atoms with Gasteiger partial charge in [-0.2, -0.15) is 0 Å². The van der Waals surface area contributed by atoms with Crippen LogP contribution in [0.3, 0.4) is 0 Å². The smallest absolute Gasteiger partial charge is 0.329 e. The van der Waals surface area contributed by atoms with Crippen LogP contribution >= 0.6 is 122 Å². The zero-order valence-corrected chi connectivity index (χ0v) is 46.9. The second-order valence-corrected chi connectivity index (χ2v) is 48.3. The van der Waals surface area contributed by atoms with Crippen LogP contribution in [0.15, 0.2) is 0 Å². The maximum atomic E-state index is 10.8. The van der Waals surface area contributed by atoms with Gasteiger partial charge in [0.25, 0.3) is 0 Å². The predicted molar refractivity (Wildman–Crippen MR) is 222 cm³/mol. The van der Waals surface area contributed by atoms with Crippen molar-refractivity contribution in [1.29, 1.82) is 0 Å². The van der Waals surface area contributed by atoms with E-state index in [9.17, 15) is 73.0 Å². The first-order valence-electron chi connectivity index (χ1n) is 14.2. The van der Waals surface area contributed by atoms with Gasteiger partial charge in [-0.05, 0) is 0 Å². The molecule has 0 aliphatic rings. The lowest BCUT2D eigenvalue weighted by atomic mass is 10.7. The Morgan fingerprint density at radius 1 is 0.167 bits per heavy atom. The van der Waals surface area contributed by atoms with Crippen molar-refractivity contribution in [2.45, 2.75) is 17.5 Å². The highest BCUT2D eigenvalue weighted by Gasteiger charge is 2.85. The van der Waals surface area contributed by atoms with E-state index in [2.05, 4.69) is 0 Å². The van der Waals surface area contributed by atoms with Crippen LogP contribution in [0.25, 0.3) is 0 Å². The standard InChI is InChI=1S/C2H8N2.4CH8O12P4/c3-1-2-4;4*2-14(3,4)1(15(5,6)7,16(8,9)10)17(11,12)13/h1-4H2;4*(H2,2,3,4)(H2,5,6,7)(H2,8,9,10)(H2,11,12,13). The lowest BCUT2D eigenvalue weighted by molar-refractivity contribution is 0.289. The van der Waals surface area contributed by atoms with Crippen LogP contribution in [0.5, 0.6) is 0 Å². The van der Waals surface area contributed by atoms with E-state index in [0.29, 0.717) is 13.1 Å². The second-order valence-electron chi connectivity index (χ2n) is 11.7. The minimum absolute atomic E-state index is 0.597. The molecule has 0 aromatic heterocycles.